The van der Waals surface area contributed by atoms with Crippen LogP contribution < -0.4 is 0 Å². The highest BCUT2D eigenvalue weighted by Gasteiger charge is 2.44. The second kappa shape index (κ2) is 5.50. The highest BCUT2D eigenvalue weighted by molar-refractivity contribution is 7.80. The van der Waals surface area contributed by atoms with Crippen LogP contribution in [0.1, 0.15) is 33.6 Å². The highest BCUT2D eigenvalue weighted by atomic mass is 32.1. The van der Waals surface area contributed by atoms with Crippen molar-refractivity contribution in [1.82, 2.24) is 9.80 Å². The Balaban J connectivity index is 1.70. The number of thiol groups is 1. The lowest BCUT2D eigenvalue weighted by Gasteiger charge is -2.54. The zero-order chi connectivity index (χ0) is 12.5. The molecule has 2 saturated heterocycles. The third-order valence-electron chi connectivity index (χ3n) is 4.18. The van der Waals surface area contributed by atoms with E-state index in [2.05, 4.69) is 43.2 Å². The maximum atomic E-state index is 4.49. The van der Waals surface area contributed by atoms with Crippen LogP contribution in [-0.4, -0.2) is 54.3 Å². The van der Waals surface area contributed by atoms with Crippen molar-refractivity contribution < 1.29 is 0 Å². The normalized spacial score (nSPS) is 27.4. The molecule has 0 amide bonds. The summed E-state index contributed by atoms with van der Waals surface area (Å²) in [6.07, 6.45) is 2.81. The van der Waals surface area contributed by atoms with Gasteiger partial charge in [0.05, 0.1) is 0 Å². The van der Waals surface area contributed by atoms with E-state index in [9.17, 15) is 0 Å². The van der Waals surface area contributed by atoms with Crippen molar-refractivity contribution in [2.24, 2.45) is 11.3 Å². The van der Waals surface area contributed by atoms with Gasteiger partial charge in [0.15, 0.2) is 0 Å². The van der Waals surface area contributed by atoms with Gasteiger partial charge in [-0.15, -0.1) is 0 Å². The minimum atomic E-state index is 0.517. The first kappa shape index (κ1) is 13.7. The molecule has 100 valence electrons. The Bertz CT molecular complexity index is 237. The van der Waals surface area contributed by atoms with Crippen LogP contribution in [0.2, 0.25) is 0 Å². The summed E-state index contributed by atoms with van der Waals surface area (Å²) < 4.78 is 0. The van der Waals surface area contributed by atoms with E-state index in [0.29, 0.717) is 10.7 Å². The van der Waals surface area contributed by atoms with Crippen molar-refractivity contribution in [3.8, 4) is 0 Å². The predicted molar refractivity (Wildman–Crippen MR) is 77.8 cm³/mol. The molecule has 0 N–H and O–H groups in total. The van der Waals surface area contributed by atoms with E-state index in [1.54, 1.807) is 0 Å². The minimum Gasteiger partial charge on any atom is -0.302 e. The van der Waals surface area contributed by atoms with Gasteiger partial charge in [-0.05, 0) is 37.3 Å². The molecule has 1 atom stereocenters. The van der Waals surface area contributed by atoms with E-state index in [4.69, 9.17) is 0 Å². The molecule has 0 bridgehead atoms. The number of piperidine rings is 1. The van der Waals surface area contributed by atoms with E-state index in [0.717, 1.165) is 12.5 Å². The Kier molecular flexibility index (Phi) is 4.43. The van der Waals surface area contributed by atoms with Crippen LogP contribution in [0.25, 0.3) is 0 Å². The van der Waals surface area contributed by atoms with Crippen molar-refractivity contribution in [2.75, 3.05) is 39.3 Å². The molecule has 2 aliphatic rings. The fourth-order valence-electron chi connectivity index (χ4n) is 3.45. The Morgan fingerprint density at radius 3 is 2.06 bits per heavy atom. The zero-order valence-electron chi connectivity index (χ0n) is 11.7. The average Bonchev–Trinajstić information content (AvgIpc) is 2.17. The molecule has 17 heavy (non-hydrogen) atoms. The number of rotatable bonds is 4. The molecule has 0 radical (unpaired) electrons. The Labute approximate surface area is 112 Å². The molecule has 3 heteroatoms. The lowest BCUT2D eigenvalue weighted by molar-refractivity contribution is -0.0509. The first-order chi connectivity index (χ1) is 7.99. The van der Waals surface area contributed by atoms with Crippen molar-refractivity contribution >= 4 is 12.6 Å². The summed E-state index contributed by atoms with van der Waals surface area (Å²) in [5.41, 5.74) is 0.686. The van der Waals surface area contributed by atoms with E-state index < -0.39 is 0 Å². The second-order valence-corrected chi connectivity index (χ2v) is 7.59. The van der Waals surface area contributed by atoms with Crippen LogP contribution in [0, 0.1) is 11.3 Å². The molecule has 2 nitrogen and oxygen atoms in total. The van der Waals surface area contributed by atoms with Gasteiger partial charge >= 0.3 is 0 Å². The quantitative estimate of drug-likeness (QED) is 0.772. The maximum absolute atomic E-state index is 4.49. The minimum absolute atomic E-state index is 0.517. The lowest BCUT2D eigenvalue weighted by atomic mass is 9.71. The van der Waals surface area contributed by atoms with Crippen molar-refractivity contribution in [3.05, 3.63) is 0 Å². The summed E-state index contributed by atoms with van der Waals surface area (Å²) in [6, 6.07) is 0. The molecule has 1 spiro atoms. The summed E-state index contributed by atoms with van der Waals surface area (Å²) in [4.78, 5) is 5.23. The molecule has 0 aromatic carbocycles. The lowest BCUT2D eigenvalue weighted by Crippen LogP contribution is -2.61. The first-order valence-corrected chi connectivity index (χ1v) is 7.63. The summed E-state index contributed by atoms with van der Waals surface area (Å²) in [7, 11) is 0. The van der Waals surface area contributed by atoms with E-state index in [-0.39, 0.29) is 0 Å². The van der Waals surface area contributed by atoms with Crippen LogP contribution in [0.15, 0.2) is 0 Å². The number of hydrogen-bond donors (Lipinski definition) is 1. The first-order valence-electron chi connectivity index (χ1n) is 7.12. The van der Waals surface area contributed by atoms with Crippen molar-refractivity contribution in [2.45, 2.75) is 38.9 Å². The number of hydrogen-bond acceptors (Lipinski definition) is 3. The predicted octanol–water partition coefficient (Wildman–Crippen LogP) is 2.36. The fraction of sp³-hybridized carbons (Fsp3) is 1.00. The molecule has 0 aliphatic carbocycles. The number of likely N-dealkylation sites (tertiary alicyclic amines) is 2. The smallest absolute Gasteiger partial charge is 0.0116 e. The molecular weight excluding hydrogens is 228 g/mol. The molecule has 0 saturated carbocycles. The van der Waals surface area contributed by atoms with Gasteiger partial charge in [-0.3, -0.25) is 0 Å². The molecule has 1 unspecified atom stereocenters. The van der Waals surface area contributed by atoms with E-state index in [1.165, 1.54) is 45.6 Å². The summed E-state index contributed by atoms with van der Waals surface area (Å²) >= 11 is 4.49. The van der Waals surface area contributed by atoms with Gasteiger partial charge in [0.2, 0.25) is 0 Å². The van der Waals surface area contributed by atoms with Gasteiger partial charge in [-0.2, -0.15) is 12.6 Å². The van der Waals surface area contributed by atoms with Gasteiger partial charge in [0.1, 0.15) is 0 Å². The second-order valence-electron chi connectivity index (χ2n) is 6.71. The van der Waals surface area contributed by atoms with Gasteiger partial charge in [0, 0.05) is 31.4 Å². The molecule has 2 aliphatic heterocycles. The summed E-state index contributed by atoms with van der Waals surface area (Å²) in [5.74, 6) is 0.817. The van der Waals surface area contributed by atoms with Crippen molar-refractivity contribution in [3.63, 3.8) is 0 Å². The fourth-order valence-corrected chi connectivity index (χ4v) is 3.68. The van der Waals surface area contributed by atoms with Crippen LogP contribution in [0.5, 0.6) is 0 Å². The SMILES string of the molecule is CC(C)CN1CC2(CCN(CC(C)S)CC2)C1. The van der Waals surface area contributed by atoms with E-state index in [1.807, 2.05) is 0 Å². The van der Waals surface area contributed by atoms with Crippen molar-refractivity contribution in [1.29, 1.82) is 0 Å². The number of nitrogens with zero attached hydrogens (tertiary/aromatic N) is 2. The van der Waals surface area contributed by atoms with Gasteiger partial charge in [-0.25, -0.2) is 0 Å². The molecule has 2 fully saturated rings. The molecule has 0 aromatic rings. The van der Waals surface area contributed by atoms with E-state index >= 15 is 0 Å². The third kappa shape index (κ3) is 3.62. The topological polar surface area (TPSA) is 6.48 Å². The molecule has 0 aromatic heterocycles. The Morgan fingerprint density at radius 1 is 1.00 bits per heavy atom. The standard InChI is InChI=1S/C14H28N2S/c1-12(2)8-16-10-14(11-16)4-6-15(7-5-14)9-13(3)17/h12-13,17H,4-11H2,1-3H3. The van der Waals surface area contributed by atoms with Gasteiger partial charge in [-0.1, -0.05) is 20.8 Å². The zero-order valence-corrected chi connectivity index (χ0v) is 12.5. The Hall–Kier alpha value is 0.270. The molecule has 2 rings (SSSR count). The average molecular weight is 256 g/mol. The summed E-state index contributed by atoms with van der Waals surface area (Å²) in [6.45, 7) is 14.6. The molecule has 2 heterocycles. The summed E-state index contributed by atoms with van der Waals surface area (Å²) in [5, 5.41) is 0.517. The highest BCUT2D eigenvalue weighted by Crippen LogP contribution is 2.40. The maximum Gasteiger partial charge on any atom is 0.0116 e. The van der Waals surface area contributed by atoms with Crippen LogP contribution in [-0.2, 0) is 0 Å². The molecular formula is C14H28N2S. The monoisotopic (exact) mass is 256 g/mol. The van der Waals surface area contributed by atoms with Crippen LogP contribution >= 0.6 is 12.6 Å². The largest absolute Gasteiger partial charge is 0.302 e. The van der Waals surface area contributed by atoms with Gasteiger partial charge in [0.25, 0.3) is 0 Å². The van der Waals surface area contributed by atoms with Crippen LogP contribution in [0.3, 0.4) is 0 Å². The van der Waals surface area contributed by atoms with Gasteiger partial charge < -0.3 is 9.80 Å². The van der Waals surface area contributed by atoms with Crippen LogP contribution in [0.4, 0.5) is 0 Å². The third-order valence-corrected chi connectivity index (χ3v) is 4.34. The Morgan fingerprint density at radius 2 is 1.59 bits per heavy atom.